The number of likely N-dealkylation sites (tertiary alicyclic amines) is 1. The number of nitrogens with zero attached hydrogens (tertiary/aromatic N) is 2. The van der Waals surface area contributed by atoms with Crippen LogP contribution in [0.15, 0.2) is 36.5 Å². The molecule has 1 aromatic heterocycles. The minimum absolute atomic E-state index is 0. The molecule has 0 bridgehead atoms. The number of benzene rings is 1. The zero-order chi connectivity index (χ0) is 16.9. The van der Waals surface area contributed by atoms with Gasteiger partial charge in [0.25, 0.3) is 5.91 Å². The van der Waals surface area contributed by atoms with Crippen LogP contribution in [0.25, 0.3) is 10.9 Å². The summed E-state index contributed by atoms with van der Waals surface area (Å²) in [4.78, 5) is 31.2. The zero-order valence-electron chi connectivity index (χ0n) is 14.4. The molecule has 3 rings (SSSR count). The number of piperidine rings is 1. The molecule has 8 heteroatoms. The predicted molar refractivity (Wildman–Crippen MR) is 107 cm³/mol. The molecular formula is C18H24Cl2N4O2. The molecule has 0 saturated carbocycles. The van der Waals surface area contributed by atoms with E-state index in [0.29, 0.717) is 37.3 Å². The maximum atomic E-state index is 12.9. The van der Waals surface area contributed by atoms with Crippen molar-refractivity contribution in [3.63, 3.8) is 0 Å². The highest BCUT2D eigenvalue weighted by molar-refractivity contribution is 6.05. The molecule has 1 aromatic carbocycles. The fourth-order valence-corrected chi connectivity index (χ4v) is 3.16. The van der Waals surface area contributed by atoms with Gasteiger partial charge in [0.1, 0.15) is 0 Å². The van der Waals surface area contributed by atoms with E-state index in [1.54, 1.807) is 17.2 Å². The molecule has 1 unspecified atom stereocenters. The third-order valence-corrected chi connectivity index (χ3v) is 4.39. The van der Waals surface area contributed by atoms with Crippen LogP contribution in [0.2, 0.25) is 0 Å². The van der Waals surface area contributed by atoms with Gasteiger partial charge >= 0.3 is 0 Å². The van der Waals surface area contributed by atoms with Crippen molar-refractivity contribution >= 4 is 47.5 Å². The first kappa shape index (κ1) is 22.2. The lowest BCUT2D eigenvalue weighted by atomic mass is 9.96. The molecule has 3 N–H and O–H groups in total. The lowest BCUT2D eigenvalue weighted by molar-refractivity contribution is -0.126. The maximum absolute atomic E-state index is 12.9. The summed E-state index contributed by atoms with van der Waals surface area (Å²) in [6.07, 6.45) is 3.32. The number of nitrogens with one attached hydrogen (secondary N) is 1. The Kier molecular flexibility index (Phi) is 8.78. The number of para-hydroxylation sites is 1. The van der Waals surface area contributed by atoms with Crippen LogP contribution in [0.3, 0.4) is 0 Å². The van der Waals surface area contributed by atoms with Crippen LogP contribution in [0, 0.1) is 5.92 Å². The summed E-state index contributed by atoms with van der Waals surface area (Å²) in [7, 11) is 0. The van der Waals surface area contributed by atoms with E-state index in [4.69, 9.17) is 5.73 Å². The second kappa shape index (κ2) is 10.3. The number of rotatable bonds is 4. The average molecular weight is 399 g/mol. The van der Waals surface area contributed by atoms with Gasteiger partial charge in [0.15, 0.2) is 0 Å². The van der Waals surface area contributed by atoms with Crippen LogP contribution in [0.5, 0.6) is 0 Å². The second-order valence-corrected chi connectivity index (χ2v) is 6.05. The molecule has 1 saturated heterocycles. The fraction of sp³-hybridized carbons (Fsp3) is 0.389. The highest BCUT2D eigenvalue weighted by Gasteiger charge is 2.29. The maximum Gasteiger partial charge on any atom is 0.256 e. The van der Waals surface area contributed by atoms with Crippen molar-refractivity contribution in [1.29, 1.82) is 0 Å². The second-order valence-electron chi connectivity index (χ2n) is 6.05. The van der Waals surface area contributed by atoms with Crippen molar-refractivity contribution in [1.82, 2.24) is 15.2 Å². The van der Waals surface area contributed by atoms with Gasteiger partial charge in [-0.15, -0.1) is 24.8 Å². The zero-order valence-corrected chi connectivity index (χ0v) is 16.0. The molecule has 142 valence electrons. The number of aromatic nitrogens is 1. The van der Waals surface area contributed by atoms with Gasteiger partial charge in [-0.25, -0.2) is 0 Å². The van der Waals surface area contributed by atoms with Crippen LogP contribution >= 0.6 is 24.8 Å². The van der Waals surface area contributed by atoms with Crippen molar-refractivity contribution in [2.45, 2.75) is 12.8 Å². The molecule has 26 heavy (non-hydrogen) atoms. The normalized spacial score (nSPS) is 16.3. The largest absolute Gasteiger partial charge is 0.355 e. The van der Waals surface area contributed by atoms with Crippen molar-refractivity contribution < 1.29 is 9.59 Å². The van der Waals surface area contributed by atoms with Gasteiger partial charge in [-0.2, -0.15) is 0 Å². The van der Waals surface area contributed by atoms with Gasteiger partial charge in [-0.1, -0.05) is 18.2 Å². The smallest absolute Gasteiger partial charge is 0.256 e. The fourth-order valence-electron chi connectivity index (χ4n) is 3.16. The first-order chi connectivity index (χ1) is 11.7. The number of carbonyl (C=O) groups is 2. The Morgan fingerprint density at radius 1 is 1.23 bits per heavy atom. The number of amides is 2. The van der Waals surface area contributed by atoms with E-state index in [1.807, 2.05) is 24.3 Å². The Hall–Kier alpha value is -1.89. The van der Waals surface area contributed by atoms with Crippen LogP contribution in [0.1, 0.15) is 23.2 Å². The number of hydrogen-bond acceptors (Lipinski definition) is 4. The summed E-state index contributed by atoms with van der Waals surface area (Å²) in [6.45, 7) is 2.00. The number of nitrogens with two attached hydrogens (primary N) is 1. The summed E-state index contributed by atoms with van der Waals surface area (Å²) in [5, 5.41) is 3.76. The van der Waals surface area contributed by atoms with Gasteiger partial charge < -0.3 is 16.0 Å². The molecule has 1 aliphatic heterocycles. The van der Waals surface area contributed by atoms with Gasteiger partial charge in [0.2, 0.25) is 5.91 Å². The van der Waals surface area contributed by atoms with Crippen LogP contribution in [0.4, 0.5) is 0 Å². The minimum Gasteiger partial charge on any atom is -0.355 e. The van der Waals surface area contributed by atoms with Gasteiger partial charge in [0, 0.05) is 37.8 Å². The van der Waals surface area contributed by atoms with Crippen LogP contribution in [-0.2, 0) is 4.79 Å². The van der Waals surface area contributed by atoms with Gasteiger partial charge in [0.05, 0.1) is 17.0 Å². The summed E-state index contributed by atoms with van der Waals surface area (Å²) in [6, 6.07) is 9.41. The van der Waals surface area contributed by atoms with E-state index in [0.717, 1.165) is 18.2 Å². The van der Waals surface area contributed by atoms with Crippen molar-refractivity contribution in [2.75, 3.05) is 26.2 Å². The third kappa shape index (κ3) is 4.84. The number of pyridine rings is 1. The Bertz CT molecular complexity index is 752. The number of carbonyl (C=O) groups excluding carboxylic acids is 2. The minimum atomic E-state index is -0.169. The first-order valence-electron chi connectivity index (χ1n) is 8.31. The molecule has 0 radical (unpaired) electrons. The average Bonchev–Trinajstić information content (AvgIpc) is 2.65. The molecule has 1 atom stereocenters. The Balaban J connectivity index is 0.00000169. The molecule has 6 nitrogen and oxygen atoms in total. The van der Waals surface area contributed by atoms with Crippen molar-refractivity contribution in [3.05, 3.63) is 42.1 Å². The van der Waals surface area contributed by atoms with Crippen LogP contribution in [-0.4, -0.2) is 47.9 Å². The molecule has 1 aliphatic rings. The van der Waals surface area contributed by atoms with Crippen LogP contribution < -0.4 is 11.1 Å². The number of halogens is 2. The summed E-state index contributed by atoms with van der Waals surface area (Å²) in [5.74, 6) is -0.248. The SMILES string of the molecule is Cl.Cl.NCCNC(=O)C1CCCN(C(=O)c2cccc3cccnc23)C1. The molecule has 2 heterocycles. The van der Waals surface area contributed by atoms with Crippen molar-refractivity contribution in [3.8, 4) is 0 Å². The molecule has 2 aromatic rings. The van der Waals surface area contributed by atoms with E-state index in [2.05, 4.69) is 10.3 Å². The topological polar surface area (TPSA) is 88.3 Å². The molecule has 1 fully saturated rings. The van der Waals surface area contributed by atoms with E-state index >= 15 is 0 Å². The molecule has 0 spiro atoms. The highest BCUT2D eigenvalue weighted by Crippen LogP contribution is 2.22. The summed E-state index contributed by atoms with van der Waals surface area (Å²) >= 11 is 0. The molecule has 2 amide bonds. The van der Waals surface area contributed by atoms with E-state index in [-0.39, 0.29) is 42.5 Å². The summed E-state index contributed by atoms with van der Waals surface area (Å²) in [5.41, 5.74) is 6.73. The lowest BCUT2D eigenvalue weighted by Gasteiger charge is -2.32. The lowest BCUT2D eigenvalue weighted by Crippen LogP contribution is -2.46. The highest BCUT2D eigenvalue weighted by atomic mass is 35.5. The van der Waals surface area contributed by atoms with E-state index < -0.39 is 0 Å². The number of fused-ring (bicyclic) bond motifs is 1. The Labute approximate surface area is 165 Å². The van der Waals surface area contributed by atoms with E-state index in [1.165, 1.54) is 0 Å². The van der Waals surface area contributed by atoms with Crippen molar-refractivity contribution in [2.24, 2.45) is 11.7 Å². The molecule has 0 aliphatic carbocycles. The van der Waals surface area contributed by atoms with E-state index in [9.17, 15) is 9.59 Å². The predicted octanol–water partition coefficient (Wildman–Crippen LogP) is 2.01. The molecular weight excluding hydrogens is 375 g/mol. The third-order valence-electron chi connectivity index (χ3n) is 4.39. The Morgan fingerprint density at radius 3 is 2.77 bits per heavy atom. The van der Waals surface area contributed by atoms with Gasteiger partial charge in [-0.3, -0.25) is 14.6 Å². The Morgan fingerprint density at radius 2 is 2.00 bits per heavy atom. The van der Waals surface area contributed by atoms with Gasteiger partial charge in [-0.05, 0) is 25.0 Å². The standard InChI is InChI=1S/C18H22N4O2.2ClH/c19-8-10-21-17(23)14-6-3-11-22(12-14)18(24)15-7-1-4-13-5-2-9-20-16(13)15;;/h1-2,4-5,7,9,14H,3,6,8,10-12,19H2,(H,21,23);2*1H. The first-order valence-corrected chi connectivity index (χ1v) is 8.31. The summed E-state index contributed by atoms with van der Waals surface area (Å²) < 4.78 is 0. The monoisotopic (exact) mass is 398 g/mol. The quantitative estimate of drug-likeness (QED) is 0.823. The number of hydrogen-bond donors (Lipinski definition) is 2.